The van der Waals surface area contributed by atoms with Crippen LogP contribution in [0, 0.1) is 17.8 Å². The van der Waals surface area contributed by atoms with Crippen LogP contribution in [0.1, 0.15) is 46.0 Å². The molecule has 3 unspecified atom stereocenters. The Labute approximate surface area is 82.3 Å². The van der Waals surface area contributed by atoms with Crippen LogP contribution in [0.4, 0.5) is 0 Å². The first-order valence-electron chi connectivity index (χ1n) is 6.00. The van der Waals surface area contributed by atoms with E-state index in [1.165, 1.54) is 38.6 Å². The van der Waals surface area contributed by atoms with E-state index in [0.29, 0.717) is 0 Å². The average molecular weight is 181 g/mol. The Morgan fingerprint density at radius 1 is 1.15 bits per heavy atom. The van der Waals surface area contributed by atoms with Crippen molar-refractivity contribution in [2.45, 2.75) is 52.0 Å². The van der Waals surface area contributed by atoms with Crippen molar-refractivity contribution in [1.82, 2.24) is 5.32 Å². The van der Waals surface area contributed by atoms with Gasteiger partial charge in [-0.1, -0.05) is 32.6 Å². The zero-order chi connectivity index (χ0) is 9.26. The third-order valence-electron chi connectivity index (χ3n) is 4.22. The van der Waals surface area contributed by atoms with Crippen LogP contribution in [0.2, 0.25) is 0 Å². The lowest BCUT2D eigenvalue weighted by Gasteiger charge is -2.22. The zero-order valence-corrected chi connectivity index (χ0v) is 9.05. The second-order valence-electron chi connectivity index (χ2n) is 5.22. The fraction of sp³-hybridized carbons (Fsp3) is 1.00. The molecular formula is C12H23N. The van der Waals surface area contributed by atoms with E-state index in [1.807, 2.05) is 0 Å². The molecule has 1 aliphatic carbocycles. The van der Waals surface area contributed by atoms with Gasteiger partial charge in [0.25, 0.3) is 0 Å². The average Bonchev–Trinajstić information content (AvgIpc) is 2.70. The summed E-state index contributed by atoms with van der Waals surface area (Å²) in [6.07, 6.45) is 7.50. The molecule has 3 atom stereocenters. The molecule has 13 heavy (non-hydrogen) atoms. The van der Waals surface area contributed by atoms with Crippen molar-refractivity contribution in [3.05, 3.63) is 0 Å². The van der Waals surface area contributed by atoms with Crippen LogP contribution in [-0.4, -0.2) is 12.6 Å². The molecule has 2 fully saturated rings. The van der Waals surface area contributed by atoms with Gasteiger partial charge < -0.3 is 5.32 Å². The van der Waals surface area contributed by atoms with Crippen molar-refractivity contribution >= 4 is 0 Å². The van der Waals surface area contributed by atoms with Gasteiger partial charge in [-0.2, -0.15) is 0 Å². The maximum atomic E-state index is 3.59. The molecule has 2 rings (SSSR count). The highest BCUT2D eigenvalue weighted by Gasteiger charge is 2.32. The summed E-state index contributed by atoms with van der Waals surface area (Å²) >= 11 is 0. The van der Waals surface area contributed by atoms with E-state index >= 15 is 0 Å². The summed E-state index contributed by atoms with van der Waals surface area (Å²) in [5, 5.41) is 3.59. The summed E-state index contributed by atoms with van der Waals surface area (Å²) in [5.41, 5.74) is 0. The van der Waals surface area contributed by atoms with Crippen molar-refractivity contribution in [1.29, 1.82) is 0 Å². The summed E-state index contributed by atoms with van der Waals surface area (Å²) in [5.74, 6) is 2.94. The minimum atomic E-state index is 0.774. The van der Waals surface area contributed by atoms with Gasteiger partial charge in [0.15, 0.2) is 0 Å². The first-order valence-corrected chi connectivity index (χ1v) is 6.00. The van der Waals surface area contributed by atoms with Crippen molar-refractivity contribution in [3.8, 4) is 0 Å². The minimum Gasteiger partial charge on any atom is -0.314 e. The summed E-state index contributed by atoms with van der Waals surface area (Å²) in [4.78, 5) is 0. The molecule has 1 heteroatoms. The molecule has 0 aromatic heterocycles. The SMILES string of the molecule is CC1CNC(C)C1CC1CCCC1. The van der Waals surface area contributed by atoms with Gasteiger partial charge in [0.2, 0.25) is 0 Å². The van der Waals surface area contributed by atoms with E-state index in [1.54, 1.807) is 0 Å². The smallest absolute Gasteiger partial charge is 0.00702 e. The van der Waals surface area contributed by atoms with Crippen LogP contribution in [0.5, 0.6) is 0 Å². The molecule has 0 radical (unpaired) electrons. The van der Waals surface area contributed by atoms with Crippen molar-refractivity contribution in [2.24, 2.45) is 17.8 Å². The molecule has 0 bridgehead atoms. The highest BCUT2D eigenvalue weighted by Crippen LogP contribution is 2.35. The highest BCUT2D eigenvalue weighted by molar-refractivity contribution is 4.87. The van der Waals surface area contributed by atoms with Crippen molar-refractivity contribution < 1.29 is 0 Å². The van der Waals surface area contributed by atoms with Crippen molar-refractivity contribution in [3.63, 3.8) is 0 Å². The van der Waals surface area contributed by atoms with Gasteiger partial charge in [-0.05, 0) is 37.6 Å². The maximum Gasteiger partial charge on any atom is 0.00702 e. The molecule has 0 aromatic rings. The van der Waals surface area contributed by atoms with Crippen LogP contribution in [-0.2, 0) is 0 Å². The largest absolute Gasteiger partial charge is 0.314 e. The van der Waals surface area contributed by atoms with Gasteiger partial charge in [0.1, 0.15) is 0 Å². The van der Waals surface area contributed by atoms with E-state index in [-0.39, 0.29) is 0 Å². The summed E-state index contributed by atoms with van der Waals surface area (Å²) in [6, 6.07) is 0.774. The Morgan fingerprint density at radius 3 is 2.38 bits per heavy atom. The Morgan fingerprint density at radius 2 is 1.85 bits per heavy atom. The predicted molar refractivity (Wildman–Crippen MR) is 56.7 cm³/mol. The topological polar surface area (TPSA) is 12.0 Å². The van der Waals surface area contributed by atoms with Gasteiger partial charge in [-0.15, -0.1) is 0 Å². The lowest BCUT2D eigenvalue weighted by Crippen LogP contribution is -2.24. The van der Waals surface area contributed by atoms with Crippen LogP contribution in [0.15, 0.2) is 0 Å². The molecule has 1 aliphatic heterocycles. The minimum absolute atomic E-state index is 0.774. The molecule has 76 valence electrons. The van der Waals surface area contributed by atoms with E-state index in [9.17, 15) is 0 Å². The molecule has 1 N–H and O–H groups in total. The van der Waals surface area contributed by atoms with E-state index in [2.05, 4.69) is 19.2 Å². The Bertz CT molecular complexity index is 151. The molecule has 1 saturated heterocycles. The standard InChI is InChI=1S/C12H23N/c1-9-8-13-10(2)12(9)7-11-5-3-4-6-11/h9-13H,3-8H2,1-2H3. The Hall–Kier alpha value is -0.0400. The maximum absolute atomic E-state index is 3.59. The van der Waals surface area contributed by atoms with Gasteiger partial charge in [0, 0.05) is 6.04 Å². The monoisotopic (exact) mass is 181 g/mol. The highest BCUT2D eigenvalue weighted by atomic mass is 15.0. The van der Waals surface area contributed by atoms with Crippen LogP contribution in [0.25, 0.3) is 0 Å². The van der Waals surface area contributed by atoms with Crippen LogP contribution >= 0.6 is 0 Å². The van der Waals surface area contributed by atoms with Crippen molar-refractivity contribution in [2.75, 3.05) is 6.54 Å². The molecule has 0 spiro atoms. The molecule has 2 aliphatic rings. The lowest BCUT2D eigenvalue weighted by atomic mass is 9.83. The summed E-state index contributed by atoms with van der Waals surface area (Å²) in [6.45, 7) is 6.03. The normalized spacial score (nSPS) is 41.5. The molecule has 1 saturated carbocycles. The van der Waals surface area contributed by atoms with Gasteiger partial charge >= 0.3 is 0 Å². The summed E-state index contributed by atoms with van der Waals surface area (Å²) in [7, 11) is 0. The number of hydrogen-bond acceptors (Lipinski definition) is 1. The first kappa shape index (κ1) is 9.51. The number of nitrogens with one attached hydrogen (secondary N) is 1. The third-order valence-corrected chi connectivity index (χ3v) is 4.22. The van der Waals surface area contributed by atoms with Crippen LogP contribution in [0.3, 0.4) is 0 Å². The van der Waals surface area contributed by atoms with E-state index in [0.717, 1.165) is 23.8 Å². The quantitative estimate of drug-likeness (QED) is 0.690. The first-order chi connectivity index (χ1) is 6.27. The Balaban J connectivity index is 1.85. The second-order valence-corrected chi connectivity index (χ2v) is 5.22. The Kier molecular flexibility index (Phi) is 2.92. The third kappa shape index (κ3) is 2.07. The predicted octanol–water partition coefficient (Wildman–Crippen LogP) is 2.81. The molecule has 1 nitrogen and oxygen atoms in total. The molecular weight excluding hydrogens is 158 g/mol. The molecule has 1 heterocycles. The zero-order valence-electron chi connectivity index (χ0n) is 9.05. The number of rotatable bonds is 2. The number of hydrogen-bond donors (Lipinski definition) is 1. The molecule has 0 aromatic carbocycles. The van der Waals surface area contributed by atoms with Gasteiger partial charge in [0.05, 0.1) is 0 Å². The molecule has 0 amide bonds. The van der Waals surface area contributed by atoms with Crippen LogP contribution < -0.4 is 5.32 Å². The summed E-state index contributed by atoms with van der Waals surface area (Å²) < 4.78 is 0. The van der Waals surface area contributed by atoms with E-state index in [4.69, 9.17) is 0 Å². The fourth-order valence-corrected chi connectivity index (χ4v) is 3.23. The van der Waals surface area contributed by atoms with Gasteiger partial charge in [-0.25, -0.2) is 0 Å². The second kappa shape index (κ2) is 4.00. The van der Waals surface area contributed by atoms with Gasteiger partial charge in [-0.3, -0.25) is 0 Å². The fourth-order valence-electron chi connectivity index (χ4n) is 3.23. The lowest BCUT2D eigenvalue weighted by molar-refractivity contribution is 0.305. The van der Waals surface area contributed by atoms with E-state index < -0.39 is 0 Å².